The molecule has 3 rings (SSSR count). The summed E-state index contributed by atoms with van der Waals surface area (Å²) in [7, 11) is 0. The Bertz CT molecular complexity index is 1060. The van der Waals surface area contributed by atoms with Crippen molar-refractivity contribution >= 4 is 35.1 Å². The molecule has 1 saturated heterocycles. The fourth-order valence-electron chi connectivity index (χ4n) is 3.34. The van der Waals surface area contributed by atoms with Gasteiger partial charge in [-0.15, -0.1) is 0 Å². The molecule has 1 atom stereocenters. The van der Waals surface area contributed by atoms with Crippen LogP contribution in [0.4, 0.5) is 8.78 Å². The van der Waals surface area contributed by atoms with Crippen molar-refractivity contribution < 1.29 is 18.4 Å². The van der Waals surface area contributed by atoms with E-state index in [-0.39, 0.29) is 5.56 Å². The predicted molar refractivity (Wildman–Crippen MR) is 112 cm³/mol. The summed E-state index contributed by atoms with van der Waals surface area (Å²) in [5.41, 5.74) is 2.49. The molecular formula is C22H19ClF2N4O2. The van der Waals surface area contributed by atoms with Crippen LogP contribution in [0.1, 0.15) is 34.8 Å². The van der Waals surface area contributed by atoms with Crippen LogP contribution < -0.4 is 5.32 Å². The van der Waals surface area contributed by atoms with Crippen molar-refractivity contribution in [3.63, 3.8) is 0 Å². The average molecular weight is 445 g/mol. The van der Waals surface area contributed by atoms with Gasteiger partial charge in [-0.05, 0) is 36.3 Å². The van der Waals surface area contributed by atoms with Gasteiger partial charge in [-0.1, -0.05) is 29.8 Å². The van der Waals surface area contributed by atoms with E-state index in [1.807, 2.05) is 25.1 Å². The lowest BCUT2D eigenvalue weighted by atomic mass is 10.0. The van der Waals surface area contributed by atoms with Crippen molar-refractivity contribution in [1.82, 2.24) is 15.2 Å². The van der Waals surface area contributed by atoms with Gasteiger partial charge in [-0.3, -0.25) is 14.6 Å². The van der Waals surface area contributed by atoms with E-state index < -0.39 is 43.3 Å². The van der Waals surface area contributed by atoms with Gasteiger partial charge in [0.15, 0.2) is 0 Å². The van der Waals surface area contributed by atoms with E-state index in [1.165, 1.54) is 18.5 Å². The molecule has 1 N–H and O–H groups in total. The van der Waals surface area contributed by atoms with Crippen LogP contribution in [0.5, 0.6) is 0 Å². The van der Waals surface area contributed by atoms with Gasteiger partial charge in [0.2, 0.25) is 5.91 Å². The number of rotatable bonds is 5. The van der Waals surface area contributed by atoms with Gasteiger partial charge >= 0.3 is 0 Å². The molecule has 160 valence electrons. The third-order valence-electron chi connectivity index (χ3n) is 4.88. The maximum Gasteiger partial charge on any atom is 0.268 e. The van der Waals surface area contributed by atoms with E-state index in [0.29, 0.717) is 10.6 Å². The van der Waals surface area contributed by atoms with Crippen molar-refractivity contribution in [2.45, 2.75) is 25.3 Å². The lowest BCUT2D eigenvalue weighted by Crippen LogP contribution is -2.43. The quantitative estimate of drug-likeness (QED) is 0.760. The zero-order valence-corrected chi connectivity index (χ0v) is 17.4. The molecule has 2 heterocycles. The van der Waals surface area contributed by atoms with Crippen LogP contribution in [-0.4, -0.2) is 46.8 Å². The van der Waals surface area contributed by atoms with Crippen LogP contribution in [0, 0.1) is 11.3 Å². The third kappa shape index (κ3) is 5.44. The summed E-state index contributed by atoms with van der Waals surface area (Å²) in [6.07, 6.45) is 4.14. The summed E-state index contributed by atoms with van der Waals surface area (Å²) in [5.74, 6) is -4.39. The van der Waals surface area contributed by atoms with Gasteiger partial charge in [0.25, 0.3) is 11.8 Å². The Morgan fingerprint density at radius 1 is 1.32 bits per heavy atom. The molecule has 0 spiro atoms. The largest absolute Gasteiger partial charge is 0.343 e. The maximum absolute atomic E-state index is 13.5. The summed E-state index contributed by atoms with van der Waals surface area (Å²) in [4.78, 5) is 29.9. The summed E-state index contributed by atoms with van der Waals surface area (Å²) in [6.45, 7) is 0.496. The summed E-state index contributed by atoms with van der Waals surface area (Å²) in [5, 5.41) is 12.1. The van der Waals surface area contributed by atoms with Crippen molar-refractivity contribution in [3.8, 4) is 6.07 Å². The first-order valence-corrected chi connectivity index (χ1v) is 9.81. The van der Waals surface area contributed by atoms with E-state index in [4.69, 9.17) is 16.9 Å². The predicted octanol–water partition coefficient (Wildman–Crippen LogP) is 3.79. The number of nitriles is 1. The fraction of sp³-hybridized carbons (Fsp3) is 0.273. The highest BCUT2D eigenvalue weighted by Gasteiger charge is 2.47. The molecule has 1 aromatic carbocycles. The highest BCUT2D eigenvalue weighted by atomic mass is 35.5. The van der Waals surface area contributed by atoms with Crippen molar-refractivity contribution in [3.05, 3.63) is 64.4 Å². The lowest BCUT2D eigenvalue weighted by molar-refractivity contribution is -0.131. The molecule has 1 aromatic heterocycles. The minimum absolute atomic E-state index is 0.286. The standard InChI is InChI=1S/C22H19ClF2N4O2/c1-14(8-15-2-4-16(23)5-3-15)19-11-27-7-6-18(19)21(31)28-12-20(30)29-13-22(24,25)9-17(29)10-26/h2-8,11,17H,9,12-13H2,1H3,(H,28,31). The van der Waals surface area contributed by atoms with Crippen LogP contribution in [0.3, 0.4) is 0 Å². The number of likely N-dealkylation sites (tertiary alicyclic amines) is 1. The van der Waals surface area contributed by atoms with Crippen LogP contribution in [-0.2, 0) is 4.79 Å². The molecule has 0 radical (unpaired) electrons. The third-order valence-corrected chi connectivity index (χ3v) is 5.14. The molecule has 0 bridgehead atoms. The number of carbonyl (C=O) groups is 2. The number of benzene rings is 1. The topological polar surface area (TPSA) is 86.1 Å². The second-order valence-electron chi connectivity index (χ2n) is 7.21. The highest BCUT2D eigenvalue weighted by Crippen LogP contribution is 2.31. The first-order valence-electron chi connectivity index (χ1n) is 9.43. The normalized spacial score (nSPS) is 17.8. The molecule has 0 aliphatic carbocycles. The van der Waals surface area contributed by atoms with E-state index >= 15 is 0 Å². The molecule has 0 saturated carbocycles. The Hall–Kier alpha value is -3.31. The monoisotopic (exact) mass is 444 g/mol. The van der Waals surface area contributed by atoms with Gasteiger partial charge < -0.3 is 10.2 Å². The fourth-order valence-corrected chi connectivity index (χ4v) is 3.47. The molecule has 9 heteroatoms. The van der Waals surface area contributed by atoms with Gasteiger partial charge in [-0.2, -0.15) is 5.26 Å². The first-order chi connectivity index (χ1) is 14.7. The van der Waals surface area contributed by atoms with E-state index in [0.717, 1.165) is 16.0 Å². The Morgan fingerprint density at radius 3 is 2.71 bits per heavy atom. The number of alkyl halides is 2. The second-order valence-corrected chi connectivity index (χ2v) is 7.65. The highest BCUT2D eigenvalue weighted by molar-refractivity contribution is 6.30. The Morgan fingerprint density at radius 2 is 2.03 bits per heavy atom. The number of nitrogens with one attached hydrogen (secondary N) is 1. The van der Waals surface area contributed by atoms with Crippen LogP contribution >= 0.6 is 11.6 Å². The molecule has 1 fully saturated rings. The molecule has 2 amide bonds. The van der Waals surface area contributed by atoms with Gasteiger partial charge in [0.1, 0.15) is 6.04 Å². The zero-order valence-electron chi connectivity index (χ0n) is 16.6. The van der Waals surface area contributed by atoms with Gasteiger partial charge in [-0.25, -0.2) is 8.78 Å². The summed E-state index contributed by atoms with van der Waals surface area (Å²) in [6, 6.07) is 9.17. The number of aromatic nitrogens is 1. The second kappa shape index (κ2) is 9.23. The SMILES string of the molecule is CC(=Cc1ccc(Cl)cc1)c1cnccc1C(=O)NCC(=O)N1CC(F)(F)CC1C#N. The molecule has 31 heavy (non-hydrogen) atoms. The molecule has 1 aliphatic rings. The minimum Gasteiger partial charge on any atom is -0.343 e. The van der Waals surface area contributed by atoms with E-state index in [1.54, 1.807) is 18.2 Å². The molecule has 1 aliphatic heterocycles. The van der Waals surface area contributed by atoms with Crippen LogP contribution in [0.25, 0.3) is 11.6 Å². The smallest absolute Gasteiger partial charge is 0.268 e. The average Bonchev–Trinajstić information content (AvgIpc) is 3.08. The number of nitrogens with zero attached hydrogens (tertiary/aromatic N) is 3. The first kappa shape index (κ1) is 22.4. The number of carbonyl (C=O) groups excluding carboxylic acids is 2. The van der Waals surface area contributed by atoms with E-state index in [9.17, 15) is 18.4 Å². The Balaban J connectivity index is 1.72. The Labute approximate surface area is 183 Å². The molecule has 2 aromatic rings. The van der Waals surface area contributed by atoms with Gasteiger partial charge in [0, 0.05) is 35.0 Å². The van der Waals surface area contributed by atoms with Crippen LogP contribution in [0.2, 0.25) is 5.02 Å². The number of hydrogen-bond acceptors (Lipinski definition) is 4. The number of amides is 2. The van der Waals surface area contributed by atoms with Crippen LogP contribution in [0.15, 0.2) is 42.7 Å². The molecular weight excluding hydrogens is 426 g/mol. The maximum atomic E-state index is 13.5. The van der Waals surface area contributed by atoms with Crippen molar-refractivity contribution in [1.29, 1.82) is 5.26 Å². The summed E-state index contributed by atoms with van der Waals surface area (Å²) >= 11 is 5.90. The van der Waals surface area contributed by atoms with Crippen molar-refractivity contribution in [2.24, 2.45) is 0 Å². The number of halogens is 3. The number of allylic oxidation sites excluding steroid dienone is 1. The Kier molecular flexibility index (Phi) is 6.66. The number of hydrogen-bond donors (Lipinski definition) is 1. The van der Waals surface area contributed by atoms with Gasteiger partial charge in [0.05, 0.1) is 19.2 Å². The molecule has 1 unspecified atom stereocenters. The summed E-state index contributed by atoms with van der Waals surface area (Å²) < 4.78 is 27.1. The zero-order chi connectivity index (χ0) is 22.6. The molecule has 6 nitrogen and oxygen atoms in total. The minimum atomic E-state index is -3.11. The van der Waals surface area contributed by atoms with E-state index in [2.05, 4.69) is 10.3 Å². The number of pyridine rings is 1. The lowest BCUT2D eigenvalue weighted by Gasteiger charge is -2.19. The van der Waals surface area contributed by atoms with Crippen molar-refractivity contribution in [2.75, 3.05) is 13.1 Å².